The van der Waals surface area contributed by atoms with E-state index >= 15 is 0 Å². The van der Waals surface area contributed by atoms with Gasteiger partial charge in [0.1, 0.15) is 5.75 Å². The summed E-state index contributed by atoms with van der Waals surface area (Å²) < 4.78 is 5.14. The number of aliphatic carboxylic acids is 1. The van der Waals surface area contributed by atoms with E-state index in [0.29, 0.717) is 5.75 Å². The Labute approximate surface area is 141 Å². The van der Waals surface area contributed by atoms with Crippen molar-refractivity contribution in [2.24, 2.45) is 0 Å². The van der Waals surface area contributed by atoms with E-state index in [2.05, 4.69) is 5.32 Å². The topological polar surface area (TPSA) is 75.6 Å². The van der Waals surface area contributed by atoms with Gasteiger partial charge in [-0.1, -0.05) is 42.0 Å². The number of carbonyl (C=O) groups excluding carboxylic acids is 1. The maximum atomic E-state index is 12.3. The molecule has 1 amide bonds. The number of hydrogen-bond acceptors (Lipinski definition) is 3. The van der Waals surface area contributed by atoms with Crippen LogP contribution in [0.4, 0.5) is 0 Å². The quantitative estimate of drug-likeness (QED) is 0.820. The van der Waals surface area contributed by atoms with Crippen LogP contribution in [0.5, 0.6) is 5.75 Å². The first kappa shape index (κ1) is 17.5. The normalized spacial score (nSPS) is 11.6. The second kappa shape index (κ2) is 8.15. The number of amides is 1. The summed E-state index contributed by atoms with van der Waals surface area (Å²) in [4.78, 5) is 23.4. The molecule has 0 unspecified atom stereocenters. The molecule has 5 nitrogen and oxygen atoms in total. The van der Waals surface area contributed by atoms with Gasteiger partial charge in [-0.25, -0.2) is 0 Å². The molecule has 0 radical (unpaired) electrons. The van der Waals surface area contributed by atoms with E-state index in [1.54, 1.807) is 19.2 Å². The molecule has 2 N–H and O–H groups in total. The predicted molar refractivity (Wildman–Crippen MR) is 91.0 cm³/mol. The Bertz CT molecular complexity index is 710. The monoisotopic (exact) mass is 327 g/mol. The summed E-state index contributed by atoms with van der Waals surface area (Å²) in [6, 6.07) is 14.2. The minimum absolute atomic E-state index is 0.160. The van der Waals surface area contributed by atoms with Crippen LogP contribution in [0.15, 0.2) is 48.5 Å². The van der Waals surface area contributed by atoms with Crippen molar-refractivity contribution in [1.82, 2.24) is 5.32 Å². The fourth-order valence-electron chi connectivity index (χ4n) is 2.44. The number of carboxylic acid groups (broad SMARTS) is 1. The van der Waals surface area contributed by atoms with Crippen molar-refractivity contribution in [2.45, 2.75) is 25.8 Å². The molecule has 5 heteroatoms. The maximum Gasteiger partial charge on any atom is 0.305 e. The molecule has 0 bridgehead atoms. The second-order valence-electron chi connectivity index (χ2n) is 5.66. The summed E-state index contributed by atoms with van der Waals surface area (Å²) in [7, 11) is 1.57. The fourth-order valence-corrected chi connectivity index (χ4v) is 2.44. The minimum atomic E-state index is -0.956. The molecule has 126 valence electrons. The van der Waals surface area contributed by atoms with Gasteiger partial charge >= 0.3 is 5.97 Å². The van der Waals surface area contributed by atoms with Gasteiger partial charge in [0.15, 0.2) is 0 Å². The van der Waals surface area contributed by atoms with Gasteiger partial charge in [-0.2, -0.15) is 0 Å². The van der Waals surface area contributed by atoms with Crippen molar-refractivity contribution in [2.75, 3.05) is 7.11 Å². The van der Waals surface area contributed by atoms with Crippen LogP contribution in [-0.4, -0.2) is 24.1 Å². The molecule has 0 aliphatic rings. The zero-order chi connectivity index (χ0) is 17.5. The van der Waals surface area contributed by atoms with Gasteiger partial charge in [0.25, 0.3) is 0 Å². The van der Waals surface area contributed by atoms with E-state index in [-0.39, 0.29) is 18.7 Å². The first-order valence-electron chi connectivity index (χ1n) is 7.68. The van der Waals surface area contributed by atoms with E-state index in [1.807, 2.05) is 43.3 Å². The van der Waals surface area contributed by atoms with Crippen LogP contribution in [0.3, 0.4) is 0 Å². The van der Waals surface area contributed by atoms with Crippen LogP contribution >= 0.6 is 0 Å². The number of carboxylic acids is 1. The summed E-state index contributed by atoms with van der Waals surface area (Å²) >= 11 is 0. The van der Waals surface area contributed by atoms with Gasteiger partial charge < -0.3 is 15.2 Å². The molecule has 0 saturated carbocycles. The fraction of sp³-hybridized carbons (Fsp3) is 0.263. The van der Waals surface area contributed by atoms with E-state index in [0.717, 1.165) is 16.7 Å². The Morgan fingerprint density at radius 1 is 1.17 bits per heavy atom. The largest absolute Gasteiger partial charge is 0.497 e. The number of aryl methyl sites for hydroxylation is 1. The van der Waals surface area contributed by atoms with Crippen LogP contribution in [-0.2, 0) is 16.0 Å². The molecule has 0 fully saturated rings. The van der Waals surface area contributed by atoms with Gasteiger partial charge in [0, 0.05) is 0 Å². The van der Waals surface area contributed by atoms with Gasteiger partial charge in [-0.3, -0.25) is 9.59 Å². The van der Waals surface area contributed by atoms with Gasteiger partial charge in [-0.05, 0) is 30.2 Å². The Balaban J connectivity index is 2.08. The van der Waals surface area contributed by atoms with Crippen LogP contribution in [0.1, 0.15) is 29.2 Å². The molecule has 0 aliphatic heterocycles. The van der Waals surface area contributed by atoms with Crippen molar-refractivity contribution in [3.63, 3.8) is 0 Å². The first-order chi connectivity index (χ1) is 11.5. The third-order valence-corrected chi connectivity index (χ3v) is 3.69. The standard InChI is InChI=1S/C19H21NO4/c1-13-6-8-15(9-7-13)17(12-19(22)23)20-18(21)11-14-4-3-5-16(10-14)24-2/h3-10,17H,11-12H2,1-2H3,(H,20,21)(H,22,23)/t17-/m0/s1. The van der Waals surface area contributed by atoms with Crippen LogP contribution < -0.4 is 10.1 Å². The molecule has 0 saturated heterocycles. The highest BCUT2D eigenvalue weighted by Gasteiger charge is 2.18. The smallest absolute Gasteiger partial charge is 0.305 e. The van der Waals surface area contributed by atoms with Gasteiger partial charge in [-0.15, -0.1) is 0 Å². The maximum absolute atomic E-state index is 12.3. The van der Waals surface area contributed by atoms with Crippen molar-refractivity contribution >= 4 is 11.9 Å². The zero-order valence-corrected chi connectivity index (χ0v) is 13.8. The lowest BCUT2D eigenvalue weighted by molar-refractivity contribution is -0.137. The van der Waals surface area contributed by atoms with Crippen molar-refractivity contribution in [3.05, 3.63) is 65.2 Å². The Hall–Kier alpha value is -2.82. The van der Waals surface area contributed by atoms with E-state index in [4.69, 9.17) is 9.84 Å². The SMILES string of the molecule is COc1cccc(CC(=O)N[C@@H](CC(=O)O)c2ccc(C)cc2)c1. The highest BCUT2D eigenvalue weighted by Crippen LogP contribution is 2.18. The van der Waals surface area contributed by atoms with Gasteiger partial charge in [0.05, 0.1) is 26.0 Å². The molecule has 2 aromatic carbocycles. The molecule has 24 heavy (non-hydrogen) atoms. The van der Waals surface area contributed by atoms with Crippen molar-refractivity contribution in [1.29, 1.82) is 0 Å². The Kier molecular flexibility index (Phi) is 5.95. The molecule has 2 aromatic rings. The first-order valence-corrected chi connectivity index (χ1v) is 7.68. The summed E-state index contributed by atoms with van der Waals surface area (Å²) in [5.74, 6) is -0.502. The Morgan fingerprint density at radius 3 is 2.50 bits per heavy atom. The molecule has 0 aromatic heterocycles. The third-order valence-electron chi connectivity index (χ3n) is 3.69. The number of ether oxygens (including phenoxy) is 1. The molecular formula is C19H21NO4. The summed E-state index contributed by atoms with van der Waals surface area (Å²) in [6.45, 7) is 1.96. The summed E-state index contributed by atoms with van der Waals surface area (Å²) in [5.41, 5.74) is 2.67. The lowest BCUT2D eigenvalue weighted by Crippen LogP contribution is -2.31. The molecule has 0 aliphatic carbocycles. The average Bonchev–Trinajstić information content (AvgIpc) is 2.54. The molecule has 1 atom stereocenters. The highest BCUT2D eigenvalue weighted by molar-refractivity contribution is 5.80. The number of nitrogens with one attached hydrogen (secondary N) is 1. The molecule has 0 spiro atoms. The predicted octanol–water partition coefficient (Wildman–Crippen LogP) is 2.88. The lowest BCUT2D eigenvalue weighted by atomic mass is 10.0. The average molecular weight is 327 g/mol. The van der Waals surface area contributed by atoms with E-state index in [9.17, 15) is 9.59 Å². The van der Waals surface area contributed by atoms with Crippen LogP contribution in [0, 0.1) is 6.92 Å². The highest BCUT2D eigenvalue weighted by atomic mass is 16.5. The van der Waals surface area contributed by atoms with Crippen LogP contribution in [0.2, 0.25) is 0 Å². The number of hydrogen-bond donors (Lipinski definition) is 2. The third kappa shape index (κ3) is 5.12. The van der Waals surface area contributed by atoms with Crippen molar-refractivity contribution < 1.29 is 19.4 Å². The number of benzene rings is 2. The Morgan fingerprint density at radius 2 is 1.88 bits per heavy atom. The molecule has 2 rings (SSSR count). The van der Waals surface area contributed by atoms with Crippen LogP contribution in [0.25, 0.3) is 0 Å². The minimum Gasteiger partial charge on any atom is -0.497 e. The number of rotatable bonds is 7. The number of methoxy groups -OCH3 is 1. The lowest BCUT2D eigenvalue weighted by Gasteiger charge is -2.18. The molecular weight excluding hydrogens is 306 g/mol. The van der Waals surface area contributed by atoms with Crippen molar-refractivity contribution in [3.8, 4) is 5.75 Å². The zero-order valence-electron chi connectivity index (χ0n) is 13.8. The van der Waals surface area contributed by atoms with E-state index < -0.39 is 12.0 Å². The van der Waals surface area contributed by atoms with Gasteiger partial charge in [0.2, 0.25) is 5.91 Å². The number of carbonyl (C=O) groups is 2. The summed E-state index contributed by atoms with van der Waals surface area (Å²) in [5, 5.41) is 11.9. The second-order valence-corrected chi connectivity index (χ2v) is 5.66. The summed E-state index contributed by atoms with van der Waals surface area (Å²) in [6.07, 6.45) is 0.00604. The van der Waals surface area contributed by atoms with E-state index in [1.165, 1.54) is 0 Å². The molecule has 0 heterocycles.